The number of nitrogens with zero attached hydrogens (tertiary/aromatic N) is 1. The fourth-order valence-corrected chi connectivity index (χ4v) is 1.02. The van der Waals surface area contributed by atoms with Crippen LogP contribution in [0.1, 0.15) is 5.56 Å². The molecule has 0 saturated carbocycles. The summed E-state index contributed by atoms with van der Waals surface area (Å²) < 4.78 is 0. The van der Waals surface area contributed by atoms with Crippen LogP contribution in [0.2, 0.25) is 0 Å². The lowest BCUT2D eigenvalue weighted by atomic mass is 10.2. The highest BCUT2D eigenvalue weighted by Gasteiger charge is 1.99. The Hall–Kier alpha value is -2.04. The van der Waals surface area contributed by atoms with Gasteiger partial charge in [0.05, 0.1) is 12.8 Å². The molecule has 0 bridgehead atoms. The van der Waals surface area contributed by atoms with E-state index in [1.165, 1.54) is 6.21 Å². The molecule has 5 heteroatoms. The first-order chi connectivity index (χ1) is 6.74. The minimum absolute atomic E-state index is 0.0519. The highest BCUT2D eigenvalue weighted by molar-refractivity contribution is 5.88. The van der Waals surface area contributed by atoms with Crippen LogP contribution < -0.4 is 11.1 Å². The maximum Gasteiger partial charge on any atom is 0.236 e. The molecule has 0 aromatic heterocycles. The summed E-state index contributed by atoms with van der Waals surface area (Å²) in [4.78, 5) is 10.5. The van der Waals surface area contributed by atoms with Crippen molar-refractivity contribution in [3.8, 4) is 0 Å². The van der Waals surface area contributed by atoms with Crippen LogP contribution >= 0.6 is 0 Å². The molecule has 1 amide bonds. The number of anilines is 1. The highest BCUT2D eigenvalue weighted by atomic mass is 16.4. The smallest absolute Gasteiger partial charge is 0.236 e. The van der Waals surface area contributed by atoms with Gasteiger partial charge in [0.1, 0.15) is 0 Å². The predicted molar refractivity (Wildman–Crippen MR) is 53.5 cm³/mol. The van der Waals surface area contributed by atoms with Crippen molar-refractivity contribution in [1.82, 2.24) is 0 Å². The molecule has 0 aliphatic carbocycles. The molecule has 0 aliphatic heterocycles. The van der Waals surface area contributed by atoms with Gasteiger partial charge in [0.15, 0.2) is 0 Å². The largest absolute Gasteiger partial charge is 0.411 e. The predicted octanol–water partition coefficient (Wildman–Crippen LogP) is 0.392. The van der Waals surface area contributed by atoms with Gasteiger partial charge in [0.25, 0.3) is 0 Å². The van der Waals surface area contributed by atoms with Gasteiger partial charge in [-0.1, -0.05) is 23.4 Å². The number of amides is 1. The second-order valence-corrected chi connectivity index (χ2v) is 2.65. The molecule has 4 N–H and O–H groups in total. The summed E-state index contributed by atoms with van der Waals surface area (Å²) in [6.07, 6.45) is 1.28. The summed E-state index contributed by atoms with van der Waals surface area (Å²) in [6, 6.07) is 7.12. The third-order valence-corrected chi connectivity index (χ3v) is 1.61. The first-order valence-electron chi connectivity index (χ1n) is 4.02. The van der Waals surface area contributed by atoms with Crippen LogP contribution in [0, 0.1) is 0 Å². The zero-order valence-electron chi connectivity index (χ0n) is 7.47. The topological polar surface area (TPSA) is 87.7 Å². The van der Waals surface area contributed by atoms with Crippen LogP contribution in [0.3, 0.4) is 0 Å². The van der Waals surface area contributed by atoms with E-state index in [1.54, 1.807) is 24.3 Å². The van der Waals surface area contributed by atoms with E-state index in [0.29, 0.717) is 11.3 Å². The number of oxime groups is 1. The van der Waals surface area contributed by atoms with E-state index in [2.05, 4.69) is 10.5 Å². The lowest BCUT2D eigenvalue weighted by Crippen LogP contribution is -2.22. The van der Waals surface area contributed by atoms with Crippen molar-refractivity contribution in [3.05, 3.63) is 29.8 Å². The van der Waals surface area contributed by atoms with E-state index in [0.717, 1.165) is 0 Å². The van der Waals surface area contributed by atoms with Crippen LogP contribution in [-0.2, 0) is 4.79 Å². The van der Waals surface area contributed by atoms with Gasteiger partial charge in [-0.05, 0) is 6.07 Å². The van der Waals surface area contributed by atoms with Crippen molar-refractivity contribution in [2.45, 2.75) is 0 Å². The Morgan fingerprint density at radius 3 is 2.93 bits per heavy atom. The van der Waals surface area contributed by atoms with Gasteiger partial charge in [-0.25, -0.2) is 0 Å². The van der Waals surface area contributed by atoms with E-state index in [1.807, 2.05) is 0 Å². The number of primary amides is 1. The zero-order valence-corrected chi connectivity index (χ0v) is 7.47. The molecule has 0 heterocycles. The van der Waals surface area contributed by atoms with Crippen molar-refractivity contribution in [2.75, 3.05) is 11.9 Å². The number of rotatable bonds is 4. The van der Waals surface area contributed by atoms with Crippen molar-refractivity contribution < 1.29 is 10.0 Å². The molecular formula is C9H11N3O2. The third-order valence-electron chi connectivity index (χ3n) is 1.61. The maximum atomic E-state index is 10.5. The summed E-state index contributed by atoms with van der Waals surface area (Å²) >= 11 is 0. The van der Waals surface area contributed by atoms with Gasteiger partial charge in [-0.2, -0.15) is 0 Å². The van der Waals surface area contributed by atoms with E-state index in [9.17, 15) is 4.79 Å². The third kappa shape index (κ3) is 2.78. The summed E-state index contributed by atoms with van der Waals surface area (Å²) in [6.45, 7) is 0.0519. The number of nitrogens with two attached hydrogens (primary N) is 1. The van der Waals surface area contributed by atoms with Crippen LogP contribution in [0.5, 0.6) is 0 Å². The number of hydrogen-bond donors (Lipinski definition) is 3. The second kappa shape index (κ2) is 4.86. The number of nitrogens with one attached hydrogen (secondary N) is 1. The van der Waals surface area contributed by atoms with Gasteiger partial charge in [0, 0.05) is 11.3 Å². The monoisotopic (exact) mass is 193 g/mol. The fraction of sp³-hybridized carbons (Fsp3) is 0.111. The van der Waals surface area contributed by atoms with E-state index < -0.39 is 5.91 Å². The molecule has 0 radical (unpaired) electrons. The van der Waals surface area contributed by atoms with Crippen molar-refractivity contribution in [2.24, 2.45) is 10.9 Å². The van der Waals surface area contributed by atoms with Crippen molar-refractivity contribution in [3.63, 3.8) is 0 Å². The SMILES string of the molecule is NC(=O)CNc1ccccc1/C=N\O. The van der Waals surface area contributed by atoms with Crippen LogP contribution in [0.15, 0.2) is 29.4 Å². The van der Waals surface area contributed by atoms with E-state index in [-0.39, 0.29) is 6.54 Å². The van der Waals surface area contributed by atoms with Gasteiger partial charge >= 0.3 is 0 Å². The Bertz CT molecular complexity index is 350. The molecule has 0 spiro atoms. The molecule has 14 heavy (non-hydrogen) atoms. The Morgan fingerprint density at radius 1 is 1.57 bits per heavy atom. The number of hydrogen-bond acceptors (Lipinski definition) is 4. The Balaban J connectivity index is 2.79. The molecular weight excluding hydrogens is 182 g/mol. The quantitative estimate of drug-likeness (QED) is 0.367. The fourth-order valence-electron chi connectivity index (χ4n) is 1.02. The molecule has 1 aromatic carbocycles. The molecule has 5 nitrogen and oxygen atoms in total. The molecule has 0 aliphatic rings. The van der Waals surface area contributed by atoms with Crippen LogP contribution in [0.25, 0.3) is 0 Å². The summed E-state index contributed by atoms with van der Waals surface area (Å²) in [7, 11) is 0. The minimum Gasteiger partial charge on any atom is -0.411 e. The van der Waals surface area contributed by atoms with Crippen molar-refractivity contribution in [1.29, 1.82) is 0 Å². The normalized spacial score (nSPS) is 10.3. The Morgan fingerprint density at radius 2 is 2.29 bits per heavy atom. The van der Waals surface area contributed by atoms with Crippen molar-refractivity contribution >= 4 is 17.8 Å². The molecule has 0 saturated heterocycles. The second-order valence-electron chi connectivity index (χ2n) is 2.65. The minimum atomic E-state index is -0.444. The standard InChI is InChI=1S/C9H11N3O2/c10-9(13)6-11-8-4-2-1-3-7(8)5-12-14/h1-5,11,14H,6H2,(H2,10,13)/b12-5-. The van der Waals surface area contributed by atoms with Gasteiger partial charge in [0.2, 0.25) is 5.91 Å². The molecule has 0 unspecified atom stereocenters. The first-order valence-corrected chi connectivity index (χ1v) is 4.02. The molecule has 1 rings (SSSR count). The summed E-state index contributed by atoms with van der Waals surface area (Å²) in [5.41, 5.74) is 6.37. The van der Waals surface area contributed by atoms with E-state index >= 15 is 0 Å². The summed E-state index contributed by atoms with van der Waals surface area (Å²) in [5.74, 6) is -0.444. The summed E-state index contributed by atoms with van der Waals surface area (Å²) in [5, 5.41) is 14.1. The van der Waals surface area contributed by atoms with Gasteiger partial charge in [-0.15, -0.1) is 0 Å². The number of carbonyl (C=O) groups excluding carboxylic acids is 1. The van der Waals surface area contributed by atoms with Crippen LogP contribution in [0.4, 0.5) is 5.69 Å². The average molecular weight is 193 g/mol. The molecule has 0 atom stereocenters. The van der Waals surface area contributed by atoms with Gasteiger partial charge in [-0.3, -0.25) is 4.79 Å². The highest BCUT2D eigenvalue weighted by Crippen LogP contribution is 2.11. The molecule has 1 aromatic rings. The number of para-hydroxylation sites is 1. The molecule has 74 valence electrons. The lowest BCUT2D eigenvalue weighted by molar-refractivity contribution is -0.116. The first kappa shape index (κ1) is 10.0. The maximum absolute atomic E-state index is 10.5. The number of benzene rings is 1. The Labute approximate surface area is 81.2 Å². The lowest BCUT2D eigenvalue weighted by Gasteiger charge is -2.06. The van der Waals surface area contributed by atoms with Gasteiger partial charge < -0.3 is 16.3 Å². The average Bonchev–Trinajstić information content (AvgIpc) is 2.17. The number of carbonyl (C=O) groups is 1. The zero-order chi connectivity index (χ0) is 10.4. The Kier molecular flexibility index (Phi) is 3.49. The molecule has 0 fully saturated rings. The van der Waals surface area contributed by atoms with Crippen LogP contribution in [-0.4, -0.2) is 23.9 Å². The van der Waals surface area contributed by atoms with E-state index in [4.69, 9.17) is 10.9 Å².